The molecular formula is C85H57BN4. The average Bonchev–Trinajstić information content (AvgIpc) is 0.695. The van der Waals surface area contributed by atoms with E-state index >= 15 is 0 Å². The van der Waals surface area contributed by atoms with E-state index in [9.17, 15) is 5.26 Å². The lowest BCUT2D eigenvalue weighted by Crippen LogP contribution is -2.61. The van der Waals surface area contributed by atoms with E-state index in [1.165, 1.54) is 16.4 Å². The topological polar surface area (TPSA) is 33.5 Å². The van der Waals surface area contributed by atoms with Crippen molar-refractivity contribution in [1.29, 1.82) is 5.26 Å². The van der Waals surface area contributed by atoms with Crippen molar-refractivity contribution in [1.82, 2.24) is 0 Å². The minimum Gasteiger partial charge on any atom is -0.311 e. The number of rotatable bonds is 12. The van der Waals surface area contributed by atoms with Crippen molar-refractivity contribution in [2.24, 2.45) is 0 Å². The Hall–Kier alpha value is -12.0. The standard InChI is InChI=1S/C85H57BN4/c87-58-59-42-48-79(75(50-59)65-34-18-6-19-35-65)89-81-54-70(63-30-14-4-15-31-63)43-46-77(81)86-78-47-45-74(88(72-40-22-38-67(51-72)60-24-8-1-9-25-60)73-41-23-39-68(52-73)61-26-10-2-11-27-61)57-82(78)90(84-56-71(55-83(89)85(84)86)64-32-16-5-17-33-64)80-49-44-69(62-28-12-3-13-29-62)53-76(80)66-36-20-7-21-37-66/h1-57H. The number of fused-ring (bicyclic) bond motifs is 4. The molecule has 0 radical (unpaired) electrons. The molecule has 0 bridgehead atoms. The van der Waals surface area contributed by atoms with E-state index in [1.54, 1.807) is 0 Å². The zero-order valence-electron chi connectivity index (χ0n) is 49.3. The first-order valence-electron chi connectivity index (χ1n) is 30.7. The van der Waals surface area contributed by atoms with Gasteiger partial charge in [-0.25, -0.2) is 0 Å². The van der Waals surface area contributed by atoms with Gasteiger partial charge in [0.15, 0.2) is 0 Å². The van der Waals surface area contributed by atoms with Gasteiger partial charge in [0, 0.05) is 50.9 Å². The summed E-state index contributed by atoms with van der Waals surface area (Å²) in [7, 11) is 0. The number of nitriles is 1. The van der Waals surface area contributed by atoms with Crippen LogP contribution in [0, 0.1) is 11.3 Å². The van der Waals surface area contributed by atoms with Crippen LogP contribution in [0.1, 0.15) is 5.56 Å². The number of hydrogen-bond donors (Lipinski definition) is 0. The molecule has 4 nitrogen and oxygen atoms in total. The Labute approximate surface area is 526 Å². The molecule has 14 aromatic rings. The maximum Gasteiger partial charge on any atom is 0.252 e. The summed E-state index contributed by atoms with van der Waals surface area (Å²) in [5.74, 6) is 0. The lowest BCUT2D eigenvalue weighted by molar-refractivity contribution is 1.24. The monoisotopic (exact) mass is 1140 g/mol. The first-order valence-corrected chi connectivity index (χ1v) is 30.7. The molecule has 0 amide bonds. The Morgan fingerprint density at radius 1 is 0.244 bits per heavy atom. The second-order valence-corrected chi connectivity index (χ2v) is 23.1. The molecule has 420 valence electrons. The molecule has 16 rings (SSSR count). The summed E-state index contributed by atoms with van der Waals surface area (Å²) in [6, 6.07) is 128. The highest BCUT2D eigenvalue weighted by Crippen LogP contribution is 2.52. The zero-order chi connectivity index (χ0) is 59.9. The minimum absolute atomic E-state index is 0.227. The van der Waals surface area contributed by atoms with Crippen molar-refractivity contribution in [3.05, 3.63) is 351 Å². The summed E-state index contributed by atoms with van der Waals surface area (Å²) in [4.78, 5) is 7.52. The van der Waals surface area contributed by atoms with Crippen LogP contribution in [0.15, 0.2) is 346 Å². The molecule has 14 aromatic carbocycles. The van der Waals surface area contributed by atoms with Crippen LogP contribution in [-0.4, -0.2) is 6.71 Å². The predicted molar refractivity (Wildman–Crippen MR) is 378 cm³/mol. The van der Waals surface area contributed by atoms with E-state index in [0.717, 1.165) is 129 Å². The van der Waals surface area contributed by atoms with Crippen LogP contribution in [0.4, 0.5) is 51.2 Å². The van der Waals surface area contributed by atoms with Crippen molar-refractivity contribution in [3.8, 4) is 84.0 Å². The Bertz CT molecular complexity index is 4930. The fraction of sp³-hybridized carbons (Fsp3) is 0. The van der Waals surface area contributed by atoms with Crippen molar-refractivity contribution >= 4 is 74.3 Å². The van der Waals surface area contributed by atoms with E-state index in [1.807, 2.05) is 6.07 Å². The van der Waals surface area contributed by atoms with Crippen LogP contribution in [0.5, 0.6) is 0 Å². The van der Waals surface area contributed by atoms with Gasteiger partial charge in [-0.15, -0.1) is 0 Å². The Kier molecular flexibility index (Phi) is 13.7. The molecule has 2 heterocycles. The van der Waals surface area contributed by atoms with Gasteiger partial charge in [0.25, 0.3) is 6.71 Å². The van der Waals surface area contributed by atoms with Crippen LogP contribution >= 0.6 is 0 Å². The van der Waals surface area contributed by atoms with Gasteiger partial charge in [-0.2, -0.15) is 5.26 Å². The molecule has 0 atom stereocenters. The highest BCUT2D eigenvalue weighted by atomic mass is 15.2. The van der Waals surface area contributed by atoms with E-state index < -0.39 is 0 Å². The SMILES string of the molecule is N#Cc1ccc(N2c3cc(-c4ccccc4)ccc3B3c4ccc(N(c5cccc(-c6ccccc6)c5)c5cccc(-c6ccccc6)c5)cc4N(c4ccc(-c5ccccc5)cc4-c4ccccc4)c4cc(-c5ccccc5)cc2c43)c(-c2ccccc2)c1. The van der Waals surface area contributed by atoms with Crippen LogP contribution in [0.3, 0.4) is 0 Å². The van der Waals surface area contributed by atoms with Gasteiger partial charge >= 0.3 is 0 Å². The highest BCUT2D eigenvalue weighted by molar-refractivity contribution is 7.00. The van der Waals surface area contributed by atoms with E-state index in [0.29, 0.717) is 5.56 Å². The van der Waals surface area contributed by atoms with E-state index in [2.05, 4.69) is 360 Å². The summed E-state index contributed by atoms with van der Waals surface area (Å²) in [5, 5.41) is 10.6. The molecule has 90 heavy (non-hydrogen) atoms. The fourth-order valence-corrected chi connectivity index (χ4v) is 13.6. The van der Waals surface area contributed by atoms with Crippen LogP contribution < -0.4 is 31.1 Å². The fourth-order valence-electron chi connectivity index (χ4n) is 13.6. The van der Waals surface area contributed by atoms with Crippen molar-refractivity contribution in [2.75, 3.05) is 14.7 Å². The number of anilines is 9. The molecule has 0 saturated carbocycles. The molecule has 0 saturated heterocycles. The number of nitrogens with zero attached hydrogens (tertiary/aromatic N) is 4. The lowest BCUT2D eigenvalue weighted by Gasteiger charge is -2.45. The summed E-state index contributed by atoms with van der Waals surface area (Å²) < 4.78 is 0. The molecule has 2 aliphatic rings. The van der Waals surface area contributed by atoms with Crippen molar-refractivity contribution in [3.63, 3.8) is 0 Å². The van der Waals surface area contributed by atoms with E-state index in [-0.39, 0.29) is 6.71 Å². The second kappa shape index (κ2) is 23.0. The van der Waals surface area contributed by atoms with Crippen molar-refractivity contribution < 1.29 is 0 Å². The third-order valence-electron chi connectivity index (χ3n) is 17.8. The predicted octanol–water partition coefficient (Wildman–Crippen LogP) is 20.8. The van der Waals surface area contributed by atoms with Crippen molar-refractivity contribution in [2.45, 2.75) is 0 Å². The molecular weight excluding hydrogens is 1090 g/mol. The molecule has 5 heteroatoms. The van der Waals surface area contributed by atoms with Gasteiger partial charge in [0.2, 0.25) is 0 Å². The van der Waals surface area contributed by atoms with E-state index in [4.69, 9.17) is 0 Å². The second-order valence-electron chi connectivity index (χ2n) is 23.1. The maximum atomic E-state index is 10.6. The van der Waals surface area contributed by atoms with Gasteiger partial charge in [-0.3, -0.25) is 0 Å². The summed E-state index contributed by atoms with van der Waals surface area (Å²) >= 11 is 0. The Morgan fingerprint density at radius 2 is 0.589 bits per heavy atom. The van der Waals surface area contributed by atoms with Gasteiger partial charge < -0.3 is 14.7 Å². The molecule has 0 fully saturated rings. The Morgan fingerprint density at radius 3 is 1.06 bits per heavy atom. The smallest absolute Gasteiger partial charge is 0.252 e. The summed E-state index contributed by atoms with van der Waals surface area (Å²) in [5.41, 5.74) is 29.1. The lowest BCUT2D eigenvalue weighted by atomic mass is 9.33. The van der Waals surface area contributed by atoms with Crippen LogP contribution in [-0.2, 0) is 0 Å². The number of hydrogen-bond acceptors (Lipinski definition) is 4. The van der Waals surface area contributed by atoms with Gasteiger partial charge in [-0.1, -0.05) is 261 Å². The molecule has 0 unspecified atom stereocenters. The van der Waals surface area contributed by atoms with Crippen LogP contribution in [0.2, 0.25) is 0 Å². The van der Waals surface area contributed by atoms with Gasteiger partial charge in [-0.05, 0) is 168 Å². The molecule has 0 aromatic heterocycles. The highest BCUT2D eigenvalue weighted by Gasteiger charge is 2.45. The first kappa shape index (κ1) is 53.5. The quantitative estimate of drug-likeness (QED) is 0.114. The third-order valence-corrected chi connectivity index (χ3v) is 17.8. The summed E-state index contributed by atoms with van der Waals surface area (Å²) in [6.07, 6.45) is 0. The molecule has 0 N–H and O–H groups in total. The normalized spacial score (nSPS) is 11.9. The maximum absolute atomic E-state index is 10.6. The van der Waals surface area contributed by atoms with Gasteiger partial charge in [0.1, 0.15) is 0 Å². The average molecular weight is 1150 g/mol. The number of benzene rings is 14. The molecule has 0 aliphatic carbocycles. The first-order chi connectivity index (χ1) is 44.6. The summed E-state index contributed by atoms with van der Waals surface area (Å²) in [6.45, 7) is -0.227. The Balaban J connectivity index is 1.02. The third kappa shape index (κ3) is 9.70. The van der Waals surface area contributed by atoms with Crippen LogP contribution in [0.25, 0.3) is 77.9 Å². The largest absolute Gasteiger partial charge is 0.311 e. The zero-order valence-corrected chi connectivity index (χ0v) is 49.3. The molecule has 0 spiro atoms. The van der Waals surface area contributed by atoms with Gasteiger partial charge in [0.05, 0.1) is 23.0 Å². The minimum atomic E-state index is -0.227. The molecule has 2 aliphatic heterocycles.